The number of hydrogen-bond acceptors (Lipinski definition) is 2. The fourth-order valence-corrected chi connectivity index (χ4v) is 7.95. The van der Waals surface area contributed by atoms with E-state index in [1.807, 2.05) is 0 Å². The fourth-order valence-electron chi connectivity index (χ4n) is 7.95. The smallest absolute Gasteiger partial charge is 0.0561 e. The number of nitrogens with one attached hydrogen (secondary N) is 1. The van der Waals surface area contributed by atoms with Gasteiger partial charge >= 0.3 is 0 Å². The molecule has 2 aliphatic rings. The topological polar surface area (TPSA) is 20.2 Å². The molecule has 0 saturated heterocycles. The molecule has 2 unspecified atom stereocenters. The summed E-state index contributed by atoms with van der Waals surface area (Å²) in [5, 5.41) is 6.33. The second kappa shape index (κ2) is 10.7. The van der Waals surface area contributed by atoms with Crippen molar-refractivity contribution in [3.63, 3.8) is 0 Å². The van der Waals surface area contributed by atoms with E-state index in [4.69, 9.17) is 0 Å². The number of para-hydroxylation sites is 2. The van der Waals surface area contributed by atoms with Gasteiger partial charge < -0.3 is 14.8 Å². The number of benzene rings is 6. The van der Waals surface area contributed by atoms with Gasteiger partial charge in [0.25, 0.3) is 0 Å². The van der Waals surface area contributed by atoms with Crippen LogP contribution < -0.4 is 10.2 Å². The molecule has 218 valence electrons. The van der Waals surface area contributed by atoms with E-state index in [0.29, 0.717) is 12.0 Å². The van der Waals surface area contributed by atoms with Crippen LogP contribution in [0.3, 0.4) is 0 Å². The van der Waals surface area contributed by atoms with E-state index in [1.165, 1.54) is 81.2 Å². The first kappa shape index (κ1) is 26.2. The number of aromatic nitrogens is 1. The third kappa shape index (κ3) is 4.42. The Hall–Kier alpha value is -5.28. The molecule has 3 nitrogen and oxygen atoms in total. The number of nitrogens with zero attached hydrogens (tertiary/aromatic N) is 2. The highest BCUT2D eigenvalue weighted by Crippen LogP contribution is 2.52. The van der Waals surface area contributed by atoms with Crippen molar-refractivity contribution in [3.05, 3.63) is 151 Å². The molecule has 6 aromatic carbocycles. The normalized spacial score (nSPS) is 17.4. The Kier molecular flexibility index (Phi) is 6.22. The molecule has 1 N–H and O–H groups in total. The molecule has 7 aromatic rings. The predicted molar refractivity (Wildman–Crippen MR) is 190 cm³/mol. The Bertz CT molecular complexity index is 2140. The van der Waals surface area contributed by atoms with Crippen molar-refractivity contribution in [3.8, 4) is 16.8 Å². The minimum Gasteiger partial charge on any atom is -0.355 e. The first-order chi connectivity index (χ1) is 22.3. The van der Waals surface area contributed by atoms with Gasteiger partial charge in [-0.25, -0.2) is 0 Å². The van der Waals surface area contributed by atoms with Crippen LogP contribution in [-0.2, 0) is 0 Å². The van der Waals surface area contributed by atoms with Crippen molar-refractivity contribution in [1.82, 2.24) is 4.57 Å². The van der Waals surface area contributed by atoms with Crippen LogP contribution >= 0.6 is 0 Å². The van der Waals surface area contributed by atoms with Gasteiger partial charge in [0.1, 0.15) is 0 Å². The SMILES string of the molecule is c1ccc(-c2ccc(N3c4cc(Nc5ccc6c7ccccc7n(-c7ccccc7)c6c5)ccc4C4CCCCC43)cc2)cc1. The maximum atomic E-state index is 3.79. The predicted octanol–water partition coefficient (Wildman–Crippen LogP) is 11.4. The molecule has 2 heterocycles. The molecular formula is C42H35N3. The van der Waals surface area contributed by atoms with E-state index < -0.39 is 0 Å². The highest BCUT2D eigenvalue weighted by Gasteiger charge is 2.40. The van der Waals surface area contributed by atoms with E-state index in [-0.39, 0.29) is 0 Å². The third-order valence-corrected chi connectivity index (χ3v) is 9.98. The minimum absolute atomic E-state index is 0.518. The van der Waals surface area contributed by atoms with Crippen molar-refractivity contribution < 1.29 is 0 Å². The van der Waals surface area contributed by atoms with Crippen molar-refractivity contribution in [1.29, 1.82) is 0 Å². The Morgan fingerprint density at radius 1 is 0.511 bits per heavy atom. The zero-order valence-electron chi connectivity index (χ0n) is 25.2. The second-order valence-corrected chi connectivity index (χ2v) is 12.6. The molecule has 0 radical (unpaired) electrons. The molecule has 1 aliphatic heterocycles. The van der Waals surface area contributed by atoms with Crippen LogP contribution in [-0.4, -0.2) is 10.6 Å². The Labute approximate surface area is 264 Å². The van der Waals surface area contributed by atoms with Gasteiger partial charge in [-0.15, -0.1) is 0 Å². The van der Waals surface area contributed by atoms with Crippen LogP contribution in [0.15, 0.2) is 146 Å². The van der Waals surface area contributed by atoms with Gasteiger partial charge in [0.05, 0.1) is 11.0 Å². The van der Waals surface area contributed by atoms with Crippen LogP contribution in [0.4, 0.5) is 22.7 Å². The molecule has 3 heteroatoms. The van der Waals surface area contributed by atoms with Crippen LogP contribution in [0.5, 0.6) is 0 Å². The monoisotopic (exact) mass is 581 g/mol. The van der Waals surface area contributed by atoms with E-state index in [9.17, 15) is 0 Å². The van der Waals surface area contributed by atoms with Crippen LogP contribution in [0.25, 0.3) is 38.6 Å². The molecular weight excluding hydrogens is 546 g/mol. The number of rotatable bonds is 5. The zero-order chi connectivity index (χ0) is 29.7. The van der Waals surface area contributed by atoms with Gasteiger partial charge in [0, 0.05) is 51.2 Å². The van der Waals surface area contributed by atoms with E-state index in [1.54, 1.807) is 0 Å². The first-order valence-electron chi connectivity index (χ1n) is 16.3. The highest BCUT2D eigenvalue weighted by atomic mass is 15.2. The van der Waals surface area contributed by atoms with E-state index >= 15 is 0 Å². The van der Waals surface area contributed by atoms with Gasteiger partial charge in [0.2, 0.25) is 0 Å². The Morgan fingerprint density at radius 3 is 2.02 bits per heavy atom. The number of fused-ring (bicyclic) bond motifs is 6. The standard InChI is InChI=1S/C42H35N3/c1-3-11-29(12-4-1)30-19-23-34(24-20-30)45-40-18-10-8-16-36(40)38-26-22-32(28-42(38)45)43-31-21-25-37-35-15-7-9-17-39(35)44(41(37)27-31)33-13-5-2-6-14-33/h1-7,9,11-15,17,19-28,36,40,43H,8,10,16,18H2. The molecule has 1 saturated carbocycles. The van der Waals surface area contributed by atoms with Gasteiger partial charge in [-0.05, 0) is 84.1 Å². The lowest BCUT2D eigenvalue weighted by Crippen LogP contribution is -2.32. The molecule has 0 bridgehead atoms. The second-order valence-electron chi connectivity index (χ2n) is 12.6. The van der Waals surface area contributed by atoms with Crippen molar-refractivity contribution in [2.24, 2.45) is 0 Å². The average molecular weight is 582 g/mol. The van der Waals surface area contributed by atoms with Crippen LogP contribution in [0.2, 0.25) is 0 Å². The minimum atomic E-state index is 0.518. The molecule has 1 fully saturated rings. The average Bonchev–Trinajstić information content (AvgIpc) is 3.61. The third-order valence-electron chi connectivity index (χ3n) is 9.98. The molecule has 45 heavy (non-hydrogen) atoms. The zero-order valence-corrected chi connectivity index (χ0v) is 25.2. The van der Waals surface area contributed by atoms with Crippen LogP contribution in [0, 0.1) is 0 Å². The van der Waals surface area contributed by atoms with Gasteiger partial charge in [-0.1, -0.05) is 104 Å². The summed E-state index contributed by atoms with van der Waals surface area (Å²) in [5.41, 5.74) is 12.5. The lowest BCUT2D eigenvalue weighted by molar-refractivity contribution is 0.402. The summed E-state index contributed by atoms with van der Waals surface area (Å²) in [5.74, 6) is 0.592. The summed E-state index contributed by atoms with van der Waals surface area (Å²) < 4.78 is 2.38. The first-order valence-corrected chi connectivity index (χ1v) is 16.3. The Morgan fingerprint density at radius 2 is 1.18 bits per heavy atom. The van der Waals surface area contributed by atoms with Gasteiger partial charge in [0.15, 0.2) is 0 Å². The summed E-state index contributed by atoms with van der Waals surface area (Å²) in [7, 11) is 0. The van der Waals surface area contributed by atoms with Gasteiger partial charge in [-0.2, -0.15) is 0 Å². The maximum absolute atomic E-state index is 3.79. The molecule has 2 atom stereocenters. The van der Waals surface area contributed by atoms with Crippen molar-refractivity contribution >= 4 is 44.6 Å². The number of anilines is 4. The summed E-state index contributed by atoms with van der Waals surface area (Å²) in [6.07, 6.45) is 5.12. The largest absolute Gasteiger partial charge is 0.355 e. The van der Waals surface area contributed by atoms with Crippen molar-refractivity contribution in [2.45, 2.75) is 37.6 Å². The molecule has 1 aromatic heterocycles. The molecule has 0 spiro atoms. The summed E-state index contributed by atoms with van der Waals surface area (Å²) in [6.45, 7) is 0. The summed E-state index contributed by atoms with van der Waals surface area (Å²) in [6, 6.07) is 53.6. The highest BCUT2D eigenvalue weighted by molar-refractivity contribution is 6.10. The quantitative estimate of drug-likeness (QED) is 0.218. The van der Waals surface area contributed by atoms with Crippen LogP contribution in [0.1, 0.15) is 37.2 Å². The van der Waals surface area contributed by atoms with E-state index in [2.05, 4.69) is 160 Å². The fraction of sp³-hybridized carbons (Fsp3) is 0.143. The van der Waals surface area contributed by atoms with E-state index in [0.717, 1.165) is 11.4 Å². The molecule has 1 aliphatic carbocycles. The lowest BCUT2D eigenvalue weighted by Gasteiger charge is -2.33. The number of hydrogen-bond donors (Lipinski definition) is 1. The van der Waals surface area contributed by atoms with Crippen molar-refractivity contribution in [2.75, 3.05) is 10.2 Å². The molecule has 0 amide bonds. The summed E-state index contributed by atoms with van der Waals surface area (Å²) in [4.78, 5) is 2.63. The summed E-state index contributed by atoms with van der Waals surface area (Å²) >= 11 is 0. The molecule has 9 rings (SSSR count). The maximum Gasteiger partial charge on any atom is 0.0561 e. The van der Waals surface area contributed by atoms with Gasteiger partial charge in [-0.3, -0.25) is 0 Å². The Balaban J connectivity index is 1.10. The lowest BCUT2D eigenvalue weighted by atomic mass is 9.82.